The number of hydrogen-bond acceptors (Lipinski definition) is 5. The fourth-order valence-corrected chi connectivity index (χ4v) is 2.36. The average molecular weight is 336 g/mol. The molecule has 0 saturated heterocycles. The zero-order valence-electron chi connectivity index (χ0n) is 14.6. The van der Waals surface area contributed by atoms with Crippen LogP contribution >= 0.6 is 0 Å². The number of ether oxygens (including phenoxy) is 1. The van der Waals surface area contributed by atoms with Crippen molar-refractivity contribution in [1.82, 2.24) is 0 Å². The first-order valence-electron chi connectivity index (χ1n) is 8.08. The Kier molecular flexibility index (Phi) is 6.93. The maximum atomic E-state index is 12.6. The summed E-state index contributed by atoms with van der Waals surface area (Å²) in [6.45, 7) is 5.36. The summed E-state index contributed by atoms with van der Waals surface area (Å²) in [4.78, 5) is 23.4. The van der Waals surface area contributed by atoms with E-state index >= 15 is 0 Å². The molecule has 5 N–H and O–H groups in total. The van der Waals surface area contributed by atoms with Gasteiger partial charge < -0.3 is 21.3 Å². The number of aliphatic carboxylic acids is 1. The molecule has 0 bridgehead atoms. The molecule has 6 heteroatoms. The van der Waals surface area contributed by atoms with E-state index in [0.29, 0.717) is 19.3 Å². The molecule has 0 aromatic heterocycles. The number of carbonyl (C=O) groups is 2. The molecule has 0 aliphatic rings. The van der Waals surface area contributed by atoms with Crippen molar-refractivity contribution >= 4 is 11.9 Å². The van der Waals surface area contributed by atoms with Crippen LogP contribution in [-0.4, -0.2) is 34.2 Å². The summed E-state index contributed by atoms with van der Waals surface area (Å²) >= 11 is 0. The Morgan fingerprint density at radius 1 is 1.21 bits per heavy atom. The van der Waals surface area contributed by atoms with Crippen molar-refractivity contribution in [3.05, 3.63) is 35.9 Å². The summed E-state index contributed by atoms with van der Waals surface area (Å²) in [5.74, 6) is -1.54. The minimum atomic E-state index is -1.22. The number of carboxylic acids is 1. The molecule has 0 saturated carbocycles. The van der Waals surface area contributed by atoms with E-state index in [1.54, 1.807) is 20.8 Å². The number of rotatable bonds is 8. The summed E-state index contributed by atoms with van der Waals surface area (Å²) in [7, 11) is 0. The van der Waals surface area contributed by atoms with Crippen LogP contribution in [0.25, 0.3) is 0 Å². The fraction of sp³-hybridized carbons (Fsp3) is 0.556. The molecular formula is C18H28N2O4. The zero-order valence-corrected chi connectivity index (χ0v) is 14.6. The Balaban J connectivity index is 2.85. The largest absolute Gasteiger partial charge is 0.480 e. The SMILES string of the molecule is CC(C)(C)OC(=O)C(N)(CCCC(N)C(=O)O)Cc1ccccc1. The van der Waals surface area contributed by atoms with Crippen molar-refractivity contribution in [2.75, 3.05) is 0 Å². The highest BCUT2D eigenvalue weighted by Gasteiger charge is 2.37. The molecule has 2 atom stereocenters. The second kappa shape index (κ2) is 8.26. The van der Waals surface area contributed by atoms with Crippen LogP contribution in [0.5, 0.6) is 0 Å². The molecule has 0 aliphatic carbocycles. The molecule has 6 nitrogen and oxygen atoms in total. The molecule has 24 heavy (non-hydrogen) atoms. The Morgan fingerprint density at radius 2 is 1.79 bits per heavy atom. The molecule has 0 spiro atoms. The third-order valence-electron chi connectivity index (χ3n) is 3.62. The lowest BCUT2D eigenvalue weighted by atomic mass is 9.86. The lowest BCUT2D eigenvalue weighted by molar-refractivity contribution is -0.162. The highest BCUT2D eigenvalue weighted by molar-refractivity contribution is 5.81. The Morgan fingerprint density at radius 3 is 2.29 bits per heavy atom. The van der Waals surface area contributed by atoms with E-state index in [2.05, 4.69) is 0 Å². The van der Waals surface area contributed by atoms with E-state index < -0.39 is 29.1 Å². The zero-order chi connectivity index (χ0) is 18.4. The molecule has 0 fully saturated rings. The van der Waals surface area contributed by atoms with Crippen LogP contribution in [0.3, 0.4) is 0 Å². The van der Waals surface area contributed by atoms with Crippen LogP contribution in [-0.2, 0) is 20.7 Å². The van der Waals surface area contributed by atoms with Gasteiger partial charge in [0.05, 0.1) is 0 Å². The normalized spacial score (nSPS) is 15.4. The summed E-state index contributed by atoms with van der Waals surface area (Å²) < 4.78 is 5.47. The van der Waals surface area contributed by atoms with Crippen LogP contribution in [0, 0.1) is 0 Å². The van der Waals surface area contributed by atoms with Gasteiger partial charge in [-0.15, -0.1) is 0 Å². The molecule has 1 aromatic carbocycles. The van der Waals surface area contributed by atoms with Crippen LogP contribution in [0.15, 0.2) is 30.3 Å². The highest BCUT2D eigenvalue weighted by atomic mass is 16.6. The van der Waals surface area contributed by atoms with Crippen molar-refractivity contribution in [2.45, 2.75) is 63.6 Å². The van der Waals surface area contributed by atoms with Gasteiger partial charge in [-0.3, -0.25) is 9.59 Å². The van der Waals surface area contributed by atoms with Gasteiger partial charge in [-0.1, -0.05) is 30.3 Å². The van der Waals surface area contributed by atoms with E-state index in [0.717, 1.165) is 5.56 Å². The van der Waals surface area contributed by atoms with Gasteiger partial charge >= 0.3 is 11.9 Å². The predicted octanol–water partition coefficient (Wildman–Crippen LogP) is 1.85. The molecule has 1 rings (SSSR count). The van der Waals surface area contributed by atoms with Crippen LogP contribution in [0.4, 0.5) is 0 Å². The lowest BCUT2D eigenvalue weighted by Crippen LogP contribution is -2.53. The number of carboxylic acid groups (broad SMARTS) is 1. The second-order valence-electron chi connectivity index (χ2n) is 7.16. The van der Waals surface area contributed by atoms with Gasteiger partial charge in [-0.05, 0) is 45.6 Å². The van der Waals surface area contributed by atoms with Crippen molar-refractivity contribution in [3.8, 4) is 0 Å². The maximum Gasteiger partial charge on any atom is 0.326 e. The van der Waals surface area contributed by atoms with Crippen LogP contribution < -0.4 is 11.5 Å². The molecule has 0 amide bonds. The van der Waals surface area contributed by atoms with Crippen LogP contribution in [0.1, 0.15) is 45.6 Å². The smallest absolute Gasteiger partial charge is 0.326 e. The quantitative estimate of drug-likeness (QED) is 0.624. The first-order valence-corrected chi connectivity index (χ1v) is 8.08. The minimum absolute atomic E-state index is 0.256. The monoisotopic (exact) mass is 336 g/mol. The molecular weight excluding hydrogens is 308 g/mol. The van der Waals surface area contributed by atoms with Crippen molar-refractivity contribution in [1.29, 1.82) is 0 Å². The lowest BCUT2D eigenvalue weighted by Gasteiger charge is -2.31. The molecule has 2 unspecified atom stereocenters. The van der Waals surface area contributed by atoms with Gasteiger partial charge in [0.2, 0.25) is 0 Å². The van der Waals surface area contributed by atoms with Gasteiger partial charge in [0.1, 0.15) is 17.2 Å². The maximum absolute atomic E-state index is 12.6. The standard InChI is InChI=1S/C18H28N2O4/c1-17(2,3)24-16(23)18(20,11-7-10-14(19)15(21)22)12-13-8-5-4-6-9-13/h4-6,8-9,14H,7,10-12,19-20H2,1-3H3,(H,21,22). The number of carbonyl (C=O) groups excluding carboxylic acids is 1. The average Bonchev–Trinajstić information content (AvgIpc) is 2.46. The van der Waals surface area contributed by atoms with Crippen molar-refractivity contribution in [2.24, 2.45) is 11.5 Å². The number of nitrogens with two attached hydrogens (primary N) is 2. The van der Waals surface area contributed by atoms with Crippen LogP contribution in [0.2, 0.25) is 0 Å². The minimum Gasteiger partial charge on any atom is -0.480 e. The number of benzene rings is 1. The van der Waals surface area contributed by atoms with Crippen molar-refractivity contribution in [3.63, 3.8) is 0 Å². The summed E-state index contributed by atoms with van der Waals surface area (Å²) in [5.41, 5.74) is 11.0. The van der Waals surface area contributed by atoms with Gasteiger partial charge in [0.15, 0.2) is 0 Å². The molecule has 0 heterocycles. The van der Waals surface area contributed by atoms with E-state index in [-0.39, 0.29) is 6.42 Å². The van der Waals surface area contributed by atoms with Gasteiger partial charge in [-0.25, -0.2) is 0 Å². The third-order valence-corrected chi connectivity index (χ3v) is 3.62. The molecule has 0 radical (unpaired) electrons. The summed E-state index contributed by atoms with van der Waals surface area (Å²) in [6, 6.07) is 8.49. The first-order chi connectivity index (χ1) is 11.0. The topological polar surface area (TPSA) is 116 Å². The molecule has 134 valence electrons. The highest BCUT2D eigenvalue weighted by Crippen LogP contribution is 2.23. The number of hydrogen-bond donors (Lipinski definition) is 3. The Bertz CT molecular complexity index is 554. The second-order valence-corrected chi connectivity index (χ2v) is 7.16. The summed E-state index contributed by atoms with van der Waals surface area (Å²) in [6.07, 6.45) is 1.31. The van der Waals surface area contributed by atoms with E-state index in [9.17, 15) is 9.59 Å². The van der Waals surface area contributed by atoms with Gasteiger partial charge in [0, 0.05) is 6.42 Å². The molecule has 0 aliphatic heterocycles. The first kappa shape index (κ1) is 20.1. The van der Waals surface area contributed by atoms with E-state index in [1.807, 2.05) is 30.3 Å². The van der Waals surface area contributed by atoms with Gasteiger partial charge in [-0.2, -0.15) is 0 Å². The Hall–Kier alpha value is -1.92. The van der Waals surface area contributed by atoms with E-state index in [1.165, 1.54) is 0 Å². The predicted molar refractivity (Wildman–Crippen MR) is 92.4 cm³/mol. The molecule has 1 aromatic rings. The number of esters is 1. The third kappa shape index (κ3) is 6.68. The summed E-state index contributed by atoms with van der Waals surface area (Å²) in [5, 5.41) is 8.86. The fourth-order valence-electron chi connectivity index (χ4n) is 2.36. The van der Waals surface area contributed by atoms with Gasteiger partial charge in [0.25, 0.3) is 0 Å². The Labute approximate surface area is 143 Å². The van der Waals surface area contributed by atoms with Crippen molar-refractivity contribution < 1.29 is 19.4 Å². The van der Waals surface area contributed by atoms with E-state index in [4.69, 9.17) is 21.3 Å².